The Kier molecular flexibility index (Phi) is 5.47. The molecule has 4 rings (SSSR count). The van der Waals surface area contributed by atoms with Crippen LogP contribution in [0.3, 0.4) is 0 Å². The number of anilines is 1. The van der Waals surface area contributed by atoms with Crippen molar-refractivity contribution >= 4 is 11.6 Å². The van der Waals surface area contributed by atoms with E-state index in [1.54, 1.807) is 31.0 Å². The average molecular weight is 403 g/mol. The number of carbonyl (C=O) groups excluding carboxylic acids is 1. The molecular formula is C22H21N5O3. The van der Waals surface area contributed by atoms with E-state index in [-0.39, 0.29) is 11.6 Å². The number of nitrogens with zero attached hydrogens (tertiary/aromatic N) is 4. The van der Waals surface area contributed by atoms with Crippen molar-refractivity contribution in [1.29, 1.82) is 0 Å². The van der Waals surface area contributed by atoms with E-state index < -0.39 is 0 Å². The molecule has 8 heteroatoms. The fourth-order valence-electron chi connectivity index (χ4n) is 3.09. The lowest BCUT2D eigenvalue weighted by molar-refractivity contribution is 0.102. The fraction of sp³-hybridized carbons (Fsp3) is 0.136. The van der Waals surface area contributed by atoms with Crippen molar-refractivity contribution in [2.24, 2.45) is 0 Å². The quantitative estimate of drug-likeness (QED) is 0.511. The molecule has 0 fully saturated rings. The van der Waals surface area contributed by atoms with Crippen LogP contribution in [0.25, 0.3) is 5.82 Å². The van der Waals surface area contributed by atoms with E-state index >= 15 is 0 Å². The Labute approximate surface area is 173 Å². The number of hydrogen-bond donors (Lipinski definition) is 1. The van der Waals surface area contributed by atoms with Gasteiger partial charge < -0.3 is 19.4 Å². The van der Waals surface area contributed by atoms with Crippen LogP contribution in [0.4, 0.5) is 5.69 Å². The summed E-state index contributed by atoms with van der Waals surface area (Å²) in [5.74, 6) is 1.66. The van der Waals surface area contributed by atoms with Crippen LogP contribution in [0.2, 0.25) is 0 Å². The van der Waals surface area contributed by atoms with E-state index in [0.717, 1.165) is 11.3 Å². The van der Waals surface area contributed by atoms with Crippen LogP contribution in [-0.2, 0) is 6.54 Å². The highest BCUT2D eigenvalue weighted by atomic mass is 16.5. The Balaban J connectivity index is 1.65. The van der Waals surface area contributed by atoms with Gasteiger partial charge in [-0.2, -0.15) is 0 Å². The van der Waals surface area contributed by atoms with Gasteiger partial charge in [0.25, 0.3) is 5.91 Å². The third-order valence-electron chi connectivity index (χ3n) is 4.59. The summed E-state index contributed by atoms with van der Waals surface area (Å²) in [4.78, 5) is 13.0. The number of amides is 1. The molecule has 0 bridgehead atoms. The molecule has 2 aromatic heterocycles. The Morgan fingerprint density at radius 2 is 1.70 bits per heavy atom. The maximum Gasteiger partial charge on any atom is 0.280 e. The second-order valence-electron chi connectivity index (χ2n) is 6.54. The lowest BCUT2D eigenvalue weighted by atomic mass is 10.2. The molecule has 1 amide bonds. The number of benzene rings is 2. The van der Waals surface area contributed by atoms with Gasteiger partial charge in [-0.05, 0) is 42.0 Å². The minimum absolute atomic E-state index is 0.225. The number of nitrogens with one attached hydrogen (secondary N) is 1. The topological polar surface area (TPSA) is 83.2 Å². The Morgan fingerprint density at radius 3 is 2.40 bits per heavy atom. The van der Waals surface area contributed by atoms with Crippen molar-refractivity contribution in [2.45, 2.75) is 6.54 Å². The van der Waals surface area contributed by atoms with Crippen LogP contribution in [-0.4, -0.2) is 39.7 Å². The lowest BCUT2D eigenvalue weighted by Crippen LogP contribution is -2.16. The van der Waals surface area contributed by atoms with E-state index in [1.807, 2.05) is 65.5 Å². The molecule has 0 radical (unpaired) electrons. The molecule has 2 aromatic carbocycles. The summed E-state index contributed by atoms with van der Waals surface area (Å²) >= 11 is 0. The standard InChI is InChI=1S/C22H21N5O3/c1-29-18-10-8-16(9-11-18)15-27-22(26-12-3-4-13-26)20(24-25-27)21(28)23-17-6-5-7-19(14-17)30-2/h3-14H,15H2,1-2H3,(H,23,28). The van der Waals surface area contributed by atoms with E-state index in [1.165, 1.54) is 0 Å². The summed E-state index contributed by atoms with van der Waals surface area (Å²) < 4.78 is 13.9. The first-order valence-corrected chi connectivity index (χ1v) is 9.33. The summed E-state index contributed by atoms with van der Waals surface area (Å²) in [7, 11) is 3.21. The second-order valence-corrected chi connectivity index (χ2v) is 6.54. The first-order valence-electron chi connectivity index (χ1n) is 9.33. The van der Waals surface area contributed by atoms with Crippen LogP contribution < -0.4 is 14.8 Å². The van der Waals surface area contributed by atoms with Gasteiger partial charge in [-0.25, -0.2) is 4.68 Å². The fourth-order valence-corrected chi connectivity index (χ4v) is 3.09. The van der Waals surface area contributed by atoms with Crippen LogP contribution in [0, 0.1) is 0 Å². The van der Waals surface area contributed by atoms with Crippen LogP contribution in [0.5, 0.6) is 11.5 Å². The highest BCUT2D eigenvalue weighted by Gasteiger charge is 2.21. The van der Waals surface area contributed by atoms with Gasteiger partial charge in [-0.15, -0.1) is 5.10 Å². The predicted octanol–water partition coefficient (Wildman–Crippen LogP) is 3.39. The van der Waals surface area contributed by atoms with E-state index in [2.05, 4.69) is 15.6 Å². The first-order chi connectivity index (χ1) is 14.7. The molecular weight excluding hydrogens is 382 g/mol. The van der Waals surface area contributed by atoms with Crippen LogP contribution in [0.15, 0.2) is 73.1 Å². The van der Waals surface area contributed by atoms with Crippen LogP contribution >= 0.6 is 0 Å². The third-order valence-corrected chi connectivity index (χ3v) is 4.59. The predicted molar refractivity (Wildman–Crippen MR) is 112 cm³/mol. The smallest absolute Gasteiger partial charge is 0.280 e. The van der Waals surface area contributed by atoms with Gasteiger partial charge >= 0.3 is 0 Å². The highest BCUT2D eigenvalue weighted by molar-refractivity contribution is 6.05. The van der Waals surface area contributed by atoms with E-state index in [4.69, 9.17) is 9.47 Å². The average Bonchev–Trinajstić information content (AvgIpc) is 3.44. The molecule has 0 spiro atoms. The summed E-state index contributed by atoms with van der Waals surface area (Å²) in [6.45, 7) is 0.455. The van der Waals surface area contributed by atoms with E-state index in [9.17, 15) is 4.79 Å². The lowest BCUT2D eigenvalue weighted by Gasteiger charge is -2.10. The Morgan fingerprint density at radius 1 is 0.967 bits per heavy atom. The second kappa shape index (κ2) is 8.52. The minimum Gasteiger partial charge on any atom is -0.497 e. The van der Waals surface area contributed by atoms with Crippen molar-refractivity contribution in [3.63, 3.8) is 0 Å². The molecule has 0 aliphatic rings. The summed E-state index contributed by atoms with van der Waals surface area (Å²) in [6.07, 6.45) is 3.71. The number of methoxy groups -OCH3 is 2. The molecule has 30 heavy (non-hydrogen) atoms. The molecule has 0 aliphatic heterocycles. The number of hydrogen-bond acceptors (Lipinski definition) is 5. The zero-order valence-corrected chi connectivity index (χ0v) is 16.6. The normalized spacial score (nSPS) is 10.6. The molecule has 8 nitrogen and oxygen atoms in total. The number of ether oxygens (including phenoxy) is 2. The van der Waals surface area contributed by atoms with Crippen LogP contribution in [0.1, 0.15) is 16.1 Å². The maximum absolute atomic E-state index is 13.0. The van der Waals surface area contributed by atoms with Crippen molar-refractivity contribution < 1.29 is 14.3 Å². The summed E-state index contributed by atoms with van der Waals surface area (Å²) in [6, 6.07) is 18.6. The van der Waals surface area contributed by atoms with E-state index in [0.29, 0.717) is 23.8 Å². The number of carbonyl (C=O) groups is 1. The molecule has 152 valence electrons. The van der Waals surface area contributed by atoms with Gasteiger partial charge in [0.1, 0.15) is 11.5 Å². The van der Waals surface area contributed by atoms with Gasteiger partial charge in [0.15, 0.2) is 11.5 Å². The molecule has 0 aliphatic carbocycles. The Hall–Kier alpha value is -4.07. The van der Waals surface area contributed by atoms with Crippen molar-refractivity contribution in [2.75, 3.05) is 19.5 Å². The highest BCUT2D eigenvalue weighted by Crippen LogP contribution is 2.20. The molecule has 0 unspecified atom stereocenters. The first kappa shape index (κ1) is 19.3. The van der Waals surface area contributed by atoms with Crippen molar-refractivity contribution in [3.05, 3.63) is 84.3 Å². The SMILES string of the molecule is COc1ccc(Cn2nnc(C(=O)Nc3cccc(OC)c3)c2-n2cccc2)cc1. The van der Waals surface area contributed by atoms with Gasteiger partial charge in [-0.1, -0.05) is 23.4 Å². The molecule has 0 saturated heterocycles. The van der Waals surface area contributed by atoms with Gasteiger partial charge in [0.05, 0.1) is 20.8 Å². The zero-order valence-electron chi connectivity index (χ0n) is 16.6. The molecule has 0 saturated carbocycles. The largest absolute Gasteiger partial charge is 0.497 e. The monoisotopic (exact) mass is 403 g/mol. The number of rotatable bonds is 7. The third kappa shape index (κ3) is 4.02. The molecule has 2 heterocycles. The minimum atomic E-state index is -0.354. The van der Waals surface area contributed by atoms with Gasteiger partial charge in [0.2, 0.25) is 0 Å². The molecule has 0 atom stereocenters. The Bertz CT molecular complexity index is 1130. The number of aromatic nitrogens is 4. The van der Waals surface area contributed by atoms with Crippen molar-refractivity contribution in [1.82, 2.24) is 19.6 Å². The molecule has 1 N–H and O–H groups in total. The van der Waals surface area contributed by atoms with Gasteiger partial charge in [0, 0.05) is 24.1 Å². The maximum atomic E-state index is 13.0. The zero-order chi connectivity index (χ0) is 20.9. The summed E-state index contributed by atoms with van der Waals surface area (Å²) in [5.41, 5.74) is 1.85. The summed E-state index contributed by atoms with van der Waals surface area (Å²) in [5, 5.41) is 11.3. The van der Waals surface area contributed by atoms with Crippen molar-refractivity contribution in [3.8, 4) is 17.3 Å². The van der Waals surface area contributed by atoms with Gasteiger partial charge in [-0.3, -0.25) is 4.79 Å². The molecule has 4 aromatic rings.